The average molecular weight is 345 g/mol. The third-order valence-electron chi connectivity index (χ3n) is 3.42. The second kappa shape index (κ2) is 8.89. The maximum atomic E-state index is 13.6. The quantitative estimate of drug-likeness (QED) is 0.807. The number of aromatic nitrogens is 1. The van der Waals surface area contributed by atoms with Gasteiger partial charge >= 0.3 is 0 Å². The summed E-state index contributed by atoms with van der Waals surface area (Å²) in [5, 5.41) is 5.23. The molecule has 1 aromatic heterocycles. The molecule has 1 atom stereocenters. The first-order valence-electron chi connectivity index (χ1n) is 7.99. The van der Waals surface area contributed by atoms with Gasteiger partial charge in [-0.15, -0.1) is 0 Å². The van der Waals surface area contributed by atoms with Crippen LogP contribution in [-0.2, 0) is 9.53 Å². The van der Waals surface area contributed by atoms with Gasteiger partial charge in [0, 0.05) is 12.8 Å². The standard InChI is InChI=1S/C18H20FN3O3/c1-3-16(25-4-2)18(24)22-15-11-12(19)8-9-13(15)21-17(23)14-7-5-6-10-20-14/h5-11,16H,3-4H2,1-2H3,(H,21,23)(H,22,24)/t16-/m1/s1. The molecule has 2 N–H and O–H groups in total. The van der Waals surface area contributed by atoms with Crippen LogP contribution in [0.4, 0.5) is 15.8 Å². The van der Waals surface area contributed by atoms with Crippen LogP contribution in [0.1, 0.15) is 30.8 Å². The number of carbonyl (C=O) groups is 2. The van der Waals surface area contributed by atoms with Crippen molar-refractivity contribution in [2.45, 2.75) is 26.4 Å². The Morgan fingerprint density at radius 2 is 1.96 bits per heavy atom. The summed E-state index contributed by atoms with van der Waals surface area (Å²) < 4.78 is 18.9. The molecule has 0 saturated carbocycles. The first kappa shape index (κ1) is 18.5. The third-order valence-corrected chi connectivity index (χ3v) is 3.42. The molecular formula is C18H20FN3O3. The molecule has 1 aromatic carbocycles. The number of nitrogens with zero attached hydrogens (tertiary/aromatic N) is 1. The lowest BCUT2D eigenvalue weighted by Gasteiger charge is -2.17. The van der Waals surface area contributed by atoms with Crippen LogP contribution in [-0.4, -0.2) is 29.5 Å². The number of benzene rings is 1. The minimum Gasteiger partial charge on any atom is -0.369 e. The Morgan fingerprint density at radius 3 is 2.60 bits per heavy atom. The van der Waals surface area contributed by atoms with E-state index in [4.69, 9.17) is 4.74 Å². The molecule has 0 unspecified atom stereocenters. The van der Waals surface area contributed by atoms with E-state index in [0.29, 0.717) is 13.0 Å². The van der Waals surface area contributed by atoms with Crippen molar-refractivity contribution in [1.29, 1.82) is 0 Å². The van der Waals surface area contributed by atoms with E-state index >= 15 is 0 Å². The van der Waals surface area contributed by atoms with Crippen LogP contribution in [0.2, 0.25) is 0 Å². The van der Waals surface area contributed by atoms with Crippen molar-refractivity contribution in [2.75, 3.05) is 17.2 Å². The normalized spacial score (nSPS) is 11.6. The van der Waals surface area contributed by atoms with Gasteiger partial charge in [0.05, 0.1) is 11.4 Å². The predicted octanol–water partition coefficient (Wildman–Crippen LogP) is 3.23. The van der Waals surface area contributed by atoms with Gasteiger partial charge in [0.15, 0.2) is 0 Å². The van der Waals surface area contributed by atoms with Crippen molar-refractivity contribution >= 4 is 23.2 Å². The molecule has 0 saturated heterocycles. The second-order valence-electron chi connectivity index (χ2n) is 5.20. The molecule has 0 aliphatic heterocycles. The van der Waals surface area contributed by atoms with Crippen LogP contribution in [0.15, 0.2) is 42.6 Å². The molecule has 1 heterocycles. The molecule has 25 heavy (non-hydrogen) atoms. The lowest BCUT2D eigenvalue weighted by molar-refractivity contribution is -0.127. The zero-order valence-electron chi connectivity index (χ0n) is 14.1. The fraction of sp³-hybridized carbons (Fsp3) is 0.278. The molecule has 0 spiro atoms. The number of hydrogen-bond acceptors (Lipinski definition) is 4. The van der Waals surface area contributed by atoms with Gasteiger partial charge in [0.25, 0.3) is 11.8 Å². The van der Waals surface area contributed by atoms with Crippen molar-refractivity contribution < 1.29 is 18.7 Å². The number of halogens is 1. The molecule has 0 aliphatic rings. The summed E-state index contributed by atoms with van der Waals surface area (Å²) in [7, 11) is 0. The first-order valence-corrected chi connectivity index (χ1v) is 7.99. The summed E-state index contributed by atoms with van der Waals surface area (Å²) in [6.45, 7) is 3.99. The summed E-state index contributed by atoms with van der Waals surface area (Å²) in [5.74, 6) is -1.39. The zero-order chi connectivity index (χ0) is 18.2. The highest BCUT2D eigenvalue weighted by Crippen LogP contribution is 2.24. The highest BCUT2D eigenvalue weighted by molar-refractivity contribution is 6.06. The summed E-state index contributed by atoms with van der Waals surface area (Å²) >= 11 is 0. The van der Waals surface area contributed by atoms with E-state index in [1.807, 2.05) is 6.92 Å². The molecule has 0 fully saturated rings. The van der Waals surface area contributed by atoms with Crippen molar-refractivity contribution in [1.82, 2.24) is 4.98 Å². The fourth-order valence-corrected chi connectivity index (χ4v) is 2.21. The molecule has 0 bridgehead atoms. The topological polar surface area (TPSA) is 80.3 Å². The largest absolute Gasteiger partial charge is 0.369 e. The van der Waals surface area contributed by atoms with Crippen LogP contribution in [0, 0.1) is 5.82 Å². The number of ether oxygens (including phenoxy) is 1. The number of pyridine rings is 1. The number of rotatable bonds is 7. The number of nitrogens with one attached hydrogen (secondary N) is 2. The van der Waals surface area contributed by atoms with Crippen LogP contribution in [0.5, 0.6) is 0 Å². The van der Waals surface area contributed by atoms with Gasteiger partial charge in [-0.3, -0.25) is 14.6 Å². The molecule has 7 heteroatoms. The van der Waals surface area contributed by atoms with Crippen LogP contribution < -0.4 is 10.6 Å². The maximum absolute atomic E-state index is 13.6. The molecular weight excluding hydrogens is 325 g/mol. The average Bonchev–Trinajstić information content (AvgIpc) is 2.62. The minimum absolute atomic E-state index is 0.160. The highest BCUT2D eigenvalue weighted by Gasteiger charge is 2.19. The first-order chi connectivity index (χ1) is 12.0. The number of carbonyl (C=O) groups excluding carboxylic acids is 2. The molecule has 6 nitrogen and oxygen atoms in total. The molecule has 0 radical (unpaired) electrons. The summed E-state index contributed by atoms with van der Waals surface area (Å²) in [6.07, 6.45) is 1.33. The fourth-order valence-electron chi connectivity index (χ4n) is 2.21. The third kappa shape index (κ3) is 5.09. The van der Waals surface area contributed by atoms with Gasteiger partial charge in [-0.05, 0) is 43.7 Å². The lowest BCUT2D eigenvalue weighted by Crippen LogP contribution is -2.30. The van der Waals surface area contributed by atoms with E-state index < -0.39 is 23.7 Å². The van der Waals surface area contributed by atoms with Gasteiger partial charge in [-0.1, -0.05) is 13.0 Å². The molecule has 2 amide bonds. The zero-order valence-corrected chi connectivity index (χ0v) is 14.1. The number of amides is 2. The summed E-state index contributed by atoms with van der Waals surface area (Å²) in [5.41, 5.74) is 0.647. The molecule has 2 rings (SSSR count). The smallest absolute Gasteiger partial charge is 0.274 e. The Labute approximate surface area is 145 Å². The van der Waals surface area contributed by atoms with Gasteiger partial charge in [-0.25, -0.2) is 4.39 Å². The lowest BCUT2D eigenvalue weighted by atomic mass is 10.2. The van der Waals surface area contributed by atoms with Crippen LogP contribution >= 0.6 is 0 Å². The predicted molar refractivity (Wildman–Crippen MR) is 92.9 cm³/mol. The summed E-state index contributed by atoms with van der Waals surface area (Å²) in [4.78, 5) is 28.4. The van der Waals surface area contributed by atoms with E-state index in [-0.39, 0.29) is 17.1 Å². The molecule has 132 valence electrons. The summed E-state index contributed by atoms with van der Waals surface area (Å²) in [6, 6.07) is 8.66. The number of anilines is 2. The Balaban J connectivity index is 2.19. The van der Waals surface area contributed by atoms with Crippen LogP contribution in [0.3, 0.4) is 0 Å². The monoisotopic (exact) mass is 345 g/mol. The SMILES string of the molecule is CCO[C@H](CC)C(=O)Nc1cc(F)ccc1NC(=O)c1ccccn1. The van der Waals surface area contributed by atoms with Gasteiger partial charge in [0.1, 0.15) is 17.6 Å². The van der Waals surface area contributed by atoms with Gasteiger partial charge < -0.3 is 15.4 Å². The Morgan fingerprint density at radius 1 is 1.16 bits per heavy atom. The highest BCUT2D eigenvalue weighted by atomic mass is 19.1. The van der Waals surface area contributed by atoms with E-state index in [9.17, 15) is 14.0 Å². The van der Waals surface area contributed by atoms with Crippen molar-refractivity contribution in [3.63, 3.8) is 0 Å². The van der Waals surface area contributed by atoms with Gasteiger partial charge in [-0.2, -0.15) is 0 Å². The Hall–Kier alpha value is -2.80. The van der Waals surface area contributed by atoms with E-state index in [1.165, 1.54) is 18.3 Å². The minimum atomic E-state index is -0.646. The Bertz CT molecular complexity index is 738. The van der Waals surface area contributed by atoms with E-state index in [0.717, 1.165) is 6.07 Å². The van der Waals surface area contributed by atoms with Crippen LogP contribution in [0.25, 0.3) is 0 Å². The van der Waals surface area contributed by atoms with Crippen molar-refractivity contribution in [3.8, 4) is 0 Å². The van der Waals surface area contributed by atoms with Gasteiger partial charge in [0.2, 0.25) is 0 Å². The van der Waals surface area contributed by atoms with Crippen molar-refractivity contribution in [3.05, 3.63) is 54.1 Å². The maximum Gasteiger partial charge on any atom is 0.274 e. The molecule has 2 aromatic rings. The Kier molecular flexibility index (Phi) is 6.59. The molecule has 0 aliphatic carbocycles. The van der Waals surface area contributed by atoms with E-state index in [2.05, 4.69) is 15.6 Å². The van der Waals surface area contributed by atoms with E-state index in [1.54, 1.807) is 25.1 Å². The number of hydrogen-bond donors (Lipinski definition) is 2. The second-order valence-corrected chi connectivity index (χ2v) is 5.20. The van der Waals surface area contributed by atoms with Crippen molar-refractivity contribution in [2.24, 2.45) is 0 Å².